The van der Waals surface area contributed by atoms with Gasteiger partial charge in [0.25, 0.3) is 0 Å². The first-order valence-corrected chi connectivity index (χ1v) is 9.62. The van der Waals surface area contributed by atoms with Gasteiger partial charge in [-0.1, -0.05) is 13.0 Å². The van der Waals surface area contributed by atoms with Gasteiger partial charge in [0.1, 0.15) is 5.41 Å². The molecule has 2 N–H and O–H groups in total. The Morgan fingerprint density at radius 3 is 2.67 bits per heavy atom. The maximum absolute atomic E-state index is 12.5. The van der Waals surface area contributed by atoms with Crippen LogP contribution in [0.5, 0.6) is 11.5 Å². The van der Waals surface area contributed by atoms with E-state index in [0.717, 1.165) is 0 Å². The predicted octanol–water partition coefficient (Wildman–Crippen LogP) is 0.824. The summed E-state index contributed by atoms with van der Waals surface area (Å²) in [7, 11) is -3.47. The van der Waals surface area contributed by atoms with Crippen molar-refractivity contribution in [3.63, 3.8) is 0 Å². The summed E-state index contributed by atoms with van der Waals surface area (Å²) < 4.78 is 40.9. The molecule has 1 saturated carbocycles. The van der Waals surface area contributed by atoms with Gasteiger partial charge in [-0.15, -0.1) is 0 Å². The lowest BCUT2D eigenvalue weighted by atomic mass is 9.99. The third kappa shape index (κ3) is 2.36. The summed E-state index contributed by atoms with van der Waals surface area (Å²) in [5, 5.41) is -0.876. The van der Waals surface area contributed by atoms with E-state index < -0.39 is 32.4 Å². The lowest BCUT2D eigenvalue weighted by Gasteiger charge is -2.14. The maximum Gasteiger partial charge on any atom is 0.315 e. The van der Waals surface area contributed by atoms with Crippen LogP contribution in [0.25, 0.3) is 0 Å². The minimum atomic E-state index is -3.47. The first-order valence-electron chi connectivity index (χ1n) is 7.90. The van der Waals surface area contributed by atoms with Crippen molar-refractivity contribution in [3.8, 4) is 11.5 Å². The molecule has 1 aromatic carbocycles. The summed E-state index contributed by atoms with van der Waals surface area (Å²) in [5.74, 6) is -0.0105. The smallest absolute Gasteiger partial charge is 0.315 e. The highest BCUT2D eigenvalue weighted by atomic mass is 32.2. The fraction of sp³-hybridized carbons (Fsp3) is 0.562. The predicted molar refractivity (Wildman–Crippen MR) is 86.7 cm³/mol. The molecule has 0 spiro atoms. The van der Waals surface area contributed by atoms with Crippen LogP contribution in [0.3, 0.4) is 0 Å². The average Bonchev–Trinajstić information content (AvgIpc) is 3.07. The van der Waals surface area contributed by atoms with Crippen LogP contribution in [0.15, 0.2) is 18.2 Å². The van der Waals surface area contributed by atoms with Gasteiger partial charge in [0.05, 0.1) is 11.9 Å². The molecule has 0 saturated heterocycles. The third-order valence-corrected chi connectivity index (χ3v) is 7.07. The highest BCUT2D eigenvalue weighted by Gasteiger charge is 2.75. The van der Waals surface area contributed by atoms with Gasteiger partial charge in [-0.3, -0.25) is 4.79 Å². The quantitative estimate of drug-likeness (QED) is 0.753. The fourth-order valence-electron chi connectivity index (χ4n) is 3.53. The SMILES string of the molecule is CCOC(=O)[C@]1(CN)[C@H](c2ccc3c(c2)OCO3)[C@@H]1S(=O)(=O)CC. The van der Waals surface area contributed by atoms with Crippen LogP contribution in [0.1, 0.15) is 25.3 Å². The summed E-state index contributed by atoms with van der Waals surface area (Å²) in [6, 6.07) is 5.20. The molecule has 0 unspecified atom stereocenters. The first kappa shape index (κ1) is 17.0. The number of rotatable bonds is 6. The van der Waals surface area contributed by atoms with Crippen LogP contribution in [-0.4, -0.2) is 45.3 Å². The van der Waals surface area contributed by atoms with Gasteiger partial charge in [0.2, 0.25) is 6.79 Å². The first-order chi connectivity index (χ1) is 11.4. The fourth-order valence-corrected chi connectivity index (χ4v) is 5.60. The van der Waals surface area contributed by atoms with E-state index in [9.17, 15) is 13.2 Å². The largest absolute Gasteiger partial charge is 0.465 e. The molecule has 2 aliphatic rings. The molecule has 1 aliphatic heterocycles. The van der Waals surface area contributed by atoms with E-state index in [1.807, 2.05) is 0 Å². The second kappa shape index (κ2) is 5.93. The number of nitrogens with two attached hydrogens (primary N) is 1. The summed E-state index contributed by atoms with van der Waals surface area (Å²) in [4.78, 5) is 12.5. The minimum Gasteiger partial charge on any atom is -0.465 e. The highest BCUT2D eigenvalue weighted by molar-refractivity contribution is 7.92. The van der Waals surface area contributed by atoms with Crippen molar-refractivity contribution in [2.75, 3.05) is 25.7 Å². The highest BCUT2D eigenvalue weighted by Crippen LogP contribution is 2.63. The topological polar surface area (TPSA) is 105 Å². The Hall–Kier alpha value is -1.80. The van der Waals surface area contributed by atoms with Gasteiger partial charge in [-0.25, -0.2) is 8.42 Å². The van der Waals surface area contributed by atoms with E-state index in [0.29, 0.717) is 17.1 Å². The molecule has 24 heavy (non-hydrogen) atoms. The molecule has 1 aliphatic carbocycles. The molecule has 0 bridgehead atoms. The van der Waals surface area contributed by atoms with Gasteiger partial charge >= 0.3 is 5.97 Å². The normalized spacial score (nSPS) is 27.8. The lowest BCUT2D eigenvalue weighted by Crippen LogP contribution is -2.34. The van der Waals surface area contributed by atoms with Crippen LogP contribution in [-0.2, 0) is 19.4 Å². The van der Waals surface area contributed by atoms with Crippen LogP contribution in [0, 0.1) is 5.41 Å². The molecule has 3 rings (SSSR count). The van der Waals surface area contributed by atoms with Gasteiger partial charge in [-0.05, 0) is 24.6 Å². The van der Waals surface area contributed by atoms with Crippen LogP contribution < -0.4 is 15.2 Å². The van der Waals surface area contributed by atoms with Crippen molar-refractivity contribution in [1.82, 2.24) is 0 Å². The number of sulfone groups is 1. The van der Waals surface area contributed by atoms with E-state index >= 15 is 0 Å². The molecule has 8 heteroatoms. The number of esters is 1. The van der Waals surface area contributed by atoms with E-state index in [2.05, 4.69) is 0 Å². The molecule has 132 valence electrons. The molecule has 1 fully saturated rings. The second-order valence-electron chi connectivity index (χ2n) is 5.93. The Balaban J connectivity index is 2.05. The average molecular weight is 355 g/mol. The second-order valence-corrected chi connectivity index (χ2v) is 8.34. The summed E-state index contributed by atoms with van der Waals surface area (Å²) in [6.45, 7) is 3.46. The Bertz CT molecular complexity index is 762. The van der Waals surface area contributed by atoms with Crippen molar-refractivity contribution >= 4 is 15.8 Å². The number of fused-ring (bicyclic) bond motifs is 1. The van der Waals surface area contributed by atoms with E-state index in [1.165, 1.54) is 0 Å². The molecule has 1 heterocycles. The van der Waals surface area contributed by atoms with Gasteiger partial charge in [0.15, 0.2) is 21.3 Å². The summed E-state index contributed by atoms with van der Waals surface area (Å²) in [6.07, 6.45) is 0. The molecular formula is C16H21NO6S. The molecule has 0 radical (unpaired) electrons. The lowest BCUT2D eigenvalue weighted by molar-refractivity contribution is -0.149. The van der Waals surface area contributed by atoms with E-state index in [1.54, 1.807) is 32.0 Å². The monoisotopic (exact) mass is 355 g/mol. The van der Waals surface area contributed by atoms with Crippen molar-refractivity contribution in [2.24, 2.45) is 11.1 Å². The van der Waals surface area contributed by atoms with Crippen molar-refractivity contribution in [1.29, 1.82) is 0 Å². The Kier molecular flexibility index (Phi) is 4.21. The number of carbonyl (C=O) groups excluding carboxylic acids is 1. The molecular weight excluding hydrogens is 334 g/mol. The standard InChI is InChI=1S/C16H21NO6S/c1-3-21-15(18)16(8-17)13(14(16)24(19,20)4-2)10-5-6-11-12(7-10)23-9-22-11/h5-7,13-14H,3-4,8-9,17H2,1-2H3/t13-,14+,16-/m1/s1. The van der Waals surface area contributed by atoms with E-state index in [-0.39, 0.29) is 25.7 Å². The molecule has 1 aromatic rings. The zero-order chi connectivity index (χ0) is 17.5. The Morgan fingerprint density at radius 2 is 2.04 bits per heavy atom. The Labute approximate surface area is 141 Å². The number of carbonyl (C=O) groups is 1. The van der Waals surface area contributed by atoms with Crippen molar-refractivity contribution in [3.05, 3.63) is 23.8 Å². The molecule has 0 aromatic heterocycles. The Morgan fingerprint density at radius 1 is 1.33 bits per heavy atom. The zero-order valence-corrected chi connectivity index (χ0v) is 14.5. The van der Waals surface area contributed by atoms with Gasteiger partial charge in [-0.2, -0.15) is 0 Å². The number of hydrogen-bond donors (Lipinski definition) is 1. The molecule has 7 nitrogen and oxygen atoms in total. The van der Waals surface area contributed by atoms with Crippen LogP contribution in [0.2, 0.25) is 0 Å². The van der Waals surface area contributed by atoms with Crippen LogP contribution in [0.4, 0.5) is 0 Å². The summed E-state index contributed by atoms with van der Waals surface area (Å²) in [5.41, 5.74) is 5.32. The summed E-state index contributed by atoms with van der Waals surface area (Å²) >= 11 is 0. The third-order valence-electron chi connectivity index (χ3n) is 4.79. The molecule has 3 atom stereocenters. The van der Waals surface area contributed by atoms with Crippen molar-refractivity contribution in [2.45, 2.75) is 25.0 Å². The number of hydrogen-bond acceptors (Lipinski definition) is 7. The maximum atomic E-state index is 12.5. The molecule has 0 amide bonds. The van der Waals surface area contributed by atoms with Gasteiger partial charge in [0, 0.05) is 18.2 Å². The van der Waals surface area contributed by atoms with Crippen LogP contribution >= 0.6 is 0 Å². The van der Waals surface area contributed by atoms with Crippen molar-refractivity contribution < 1.29 is 27.4 Å². The van der Waals surface area contributed by atoms with Gasteiger partial charge < -0.3 is 19.9 Å². The number of benzene rings is 1. The zero-order valence-electron chi connectivity index (χ0n) is 13.7. The minimum absolute atomic E-state index is 0.0557. The number of ether oxygens (including phenoxy) is 3. The van der Waals surface area contributed by atoms with E-state index in [4.69, 9.17) is 19.9 Å².